The summed E-state index contributed by atoms with van der Waals surface area (Å²) in [5.41, 5.74) is -0.621. The Hall–Kier alpha value is -3.18. The van der Waals surface area contributed by atoms with E-state index >= 15 is 0 Å². The van der Waals surface area contributed by atoms with Crippen LogP contribution in [0, 0.1) is 5.82 Å². The minimum Gasteiger partial charge on any atom is -0.497 e. The van der Waals surface area contributed by atoms with Gasteiger partial charge in [0.25, 0.3) is 0 Å². The quantitative estimate of drug-likeness (QED) is 0.646. The van der Waals surface area contributed by atoms with Crippen LogP contribution in [-0.2, 0) is 26.2 Å². The van der Waals surface area contributed by atoms with E-state index in [0.717, 1.165) is 10.6 Å². The van der Waals surface area contributed by atoms with Crippen LogP contribution in [0.25, 0.3) is 0 Å². The topological polar surface area (TPSA) is 105 Å². The van der Waals surface area contributed by atoms with Crippen LogP contribution in [0.2, 0.25) is 0 Å². The number of benzene rings is 2. The van der Waals surface area contributed by atoms with E-state index in [1.165, 1.54) is 50.3 Å². The number of hydrogen-bond donors (Lipinski definition) is 1. The molecule has 1 heterocycles. The van der Waals surface area contributed by atoms with Gasteiger partial charge in [0.2, 0.25) is 21.8 Å². The molecule has 2 aromatic rings. The van der Waals surface area contributed by atoms with E-state index in [0.29, 0.717) is 22.7 Å². The molecule has 11 heteroatoms. The molecular formula is C22H26FN3O6S. The Labute approximate surface area is 192 Å². The first-order valence-corrected chi connectivity index (χ1v) is 11.9. The third-order valence-corrected chi connectivity index (χ3v) is 6.65. The van der Waals surface area contributed by atoms with Crippen molar-refractivity contribution in [2.24, 2.45) is 0 Å². The monoisotopic (exact) mass is 479 g/mol. The average Bonchev–Trinajstić information content (AvgIpc) is 2.77. The highest BCUT2D eigenvalue weighted by atomic mass is 32.2. The minimum absolute atomic E-state index is 0.0665. The fourth-order valence-electron chi connectivity index (χ4n) is 3.70. The Balaban J connectivity index is 2.01. The Morgan fingerprint density at radius 1 is 1.12 bits per heavy atom. The molecule has 0 bridgehead atoms. The Bertz CT molecular complexity index is 1130. The maximum atomic E-state index is 13.4. The zero-order chi connectivity index (χ0) is 24.4. The number of carbonyl (C=O) groups is 2. The van der Waals surface area contributed by atoms with Crippen LogP contribution in [0.3, 0.4) is 0 Å². The number of hydrogen-bond acceptors (Lipinski definition) is 6. The average molecular weight is 480 g/mol. The second-order valence-electron chi connectivity index (χ2n) is 7.91. The Morgan fingerprint density at radius 3 is 2.21 bits per heavy atom. The molecular weight excluding hydrogens is 453 g/mol. The molecule has 3 rings (SSSR count). The lowest BCUT2D eigenvalue weighted by Gasteiger charge is -2.46. The first kappa shape index (κ1) is 24.5. The molecule has 1 saturated heterocycles. The van der Waals surface area contributed by atoms with Crippen molar-refractivity contribution in [2.45, 2.75) is 19.0 Å². The molecule has 1 aliphatic rings. The second-order valence-corrected chi connectivity index (χ2v) is 9.90. The largest absolute Gasteiger partial charge is 0.497 e. The van der Waals surface area contributed by atoms with Crippen molar-refractivity contribution in [3.63, 3.8) is 0 Å². The van der Waals surface area contributed by atoms with E-state index in [1.54, 1.807) is 18.2 Å². The van der Waals surface area contributed by atoms with Gasteiger partial charge >= 0.3 is 0 Å². The maximum absolute atomic E-state index is 13.4. The van der Waals surface area contributed by atoms with Crippen molar-refractivity contribution in [3.8, 4) is 11.5 Å². The maximum Gasteiger partial charge on any atom is 0.247 e. The van der Waals surface area contributed by atoms with Gasteiger partial charge in [-0.15, -0.1) is 0 Å². The van der Waals surface area contributed by atoms with Gasteiger partial charge in [-0.2, -0.15) is 4.31 Å². The number of nitrogens with one attached hydrogen (secondary N) is 1. The predicted octanol–water partition coefficient (Wildman–Crippen LogP) is 1.53. The van der Waals surface area contributed by atoms with Gasteiger partial charge in [0, 0.05) is 31.3 Å². The molecule has 33 heavy (non-hydrogen) atoms. The van der Waals surface area contributed by atoms with Gasteiger partial charge in [-0.3, -0.25) is 14.5 Å². The lowest BCUT2D eigenvalue weighted by molar-refractivity contribution is -0.133. The number of ether oxygens (including phenoxy) is 2. The molecule has 0 spiro atoms. The molecule has 0 radical (unpaired) electrons. The number of rotatable bonds is 7. The summed E-state index contributed by atoms with van der Waals surface area (Å²) in [6.45, 7) is 0.886. The van der Waals surface area contributed by atoms with Gasteiger partial charge in [-0.05, 0) is 24.6 Å². The first-order valence-electron chi connectivity index (χ1n) is 10.0. The summed E-state index contributed by atoms with van der Waals surface area (Å²) in [4.78, 5) is 27.9. The smallest absolute Gasteiger partial charge is 0.247 e. The van der Waals surface area contributed by atoms with Crippen molar-refractivity contribution in [1.29, 1.82) is 0 Å². The normalized spacial score (nSPS) is 19.3. The van der Waals surface area contributed by atoms with Gasteiger partial charge in [0.1, 0.15) is 22.9 Å². The van der Waals surface area contributed by atoms with E-state index in [1.807, 2.05) is 0 Å². The molecule has 1 fully saturated rings. The Morgan fingerprint density at radius 2 is 1.70 bits per heavy atom. The van der Waals surface area contributed by atoms with Crippen molar-refractivity contribution in [2.75, 3.05) is 38.5 Å². The molecule has 2 amide bonds. The Kier molecular flexibility index (Phi) is 6.94. The van der Waals surface area contributed by atoms with E-state index < -0.39 is 39.7 Å². The predicted molar refractivity (Wildman–Crippen MR) is 120 cm³/mol. The van der Waals surface area contributed by atoms with Crippen molar-refractivity contribution < 1.29 is 31.9 Å². The fourth-order valence-corrected chi connectivity index (χ4v) is 4.53. The summed E-state index contributed by atoms with van der Waals surface area (Å²) in [7, 11) is -0.842. The van der Waals surface area contributed by atoms with Gasteiger partial charge in [0.15, 0.2) is 0 Å². The zero-order valence-corrected chi connectivity index (χ0v) is 19.6. The molecule has 1 aliphatic heterocycles. The van der Waals surface area contributed by atoms with Crippen molar-refractivity contribution in [1.82, 2.24) is 9.62 Å². The molecule has 2 aromatic carbocycles. The summed E-state index contributed by atoms with van der Waals surface area (Å²) in [6.07, 6.45) is 0.987. The number of carbonyl (C=O) groups excluding carboxylic acids is 2. The van der Waals surface area contributed by atoms with Crippen LogP contribution < -0.4 is 19.7 Å². The van der Waals surface area contributed by atoms with Crippen LogP contribution in [-0.4, -0.2) is 63.6 Å². The molecule has 178 valence electrons. The van der Waals surface area contributed by atoms with E-state index in [9.17, 15) is 22.4 Å². The van der Waals surface area contributed by atoms with Gasteiger partial charge in [-0.25, -0.2) is 12.8 Å². The van der Waals surface area contributed by atoms with Gasteiger partial charge < -0.3 is 14.8 Å². The number of sulfonamides is 1. The second kappa shape index (κ2) is 9.36. The van der Waals surface area contributed by atoms with E-state index in [2.05, 4.69) is 5.32 Å². The highest BCUT2D eigenvalue weighted by molar-refractivity contribution is 7.88. The van der Waals surface area contributed by atoms with Crippen LogP contribution in [0.4, 0.5) is 10.1 Å². The number of halogens is 1. The van der Waals surface area contributed by atoms with Crippen molar-refractivity contribution in [3.05, 3.63) is 53.8 Å². The lowest BCUT2D eigenvalue weighted by Crippen LogP contribution is -2.70. The molecule has 0 saturated carbocycles. The lowest BCUT2D eigenvalue weighted by atomic mass is 9.94. The first-order chi connectivity index (χ1) is 15.5. The molecule has 1 atom stereocenters. The van der Waals surface area contributed by atoms with Crippen LogP contribution >= 0.6 is 0 Å². The fraction of sp³-hybridized carbons (Fsp3) is 0.364. The summed E-state index contributed by atoms with van der Waals surface area (Å²) >= 11 is 0. The molecule has 0 aliphatic carbocycles. The molecule has 0 unspecified atom stereocenters. The summed E-state index contributed by atoms with van der Waals surface area (Å²) in [5, 5.41) is 2.74. The molecule has 0 aromatic heterocycles. The minimum atomic E-state index is -3.75. The molecule has 9 nitrogen and oxygen atoms in total. The van der Waals surface area contributed by atoms with Crippen LogP contribution in [0.5, 0.6) is 11.5 Å². The highest BCUT2D eigenvalue weighted by Crippen LogP contribution is 2.35. The highest BCUT2D eigenvalue weighted by Gasteiger charge is 2.50. The van der Waals surface area contributed by atoms with Crippen LogP contribution in [0.1, 0.15) is 12.5 Å². The third kappa shape index (κ3) is 5.25. The van der Waals surface area contributed by atoms with Gasteiger partial charge in [-0.1, -0.05) is 12.1 Å². The van der Waals surface area contributed by atoms with Gasteiger partial charge in [0.05, 0.1) is 32.7 Å². The summed E-state index contributed by atoms with van der Waals surface area (Å²) in [5.74, 6) is -0.762. The number of amides is 2. The SMILES string of the molecule is COc1cc(OC)cc(N2C(=O)CN(S(C)(=O)=O)C[C@]2(C)C(=O)NCc2ccc(F)cc2)c1. The number of anilines is 1. The third-order valence-electron chi connectivity index (χ3n) is 5.46. The number of piperazine rings is 1. The zero-order valence-electron chi connectivity index (χ0n) is 18.8. The number of methoxy groups -OCH3 is 2. The van der Waals surface area contributed by atoms with Crippen LogP contribution in [0.15, 0.2) is 42.5 Å². The van der Waals surface area contributed by atoms with E-state index in [4.69, 9.17) is 9.47 Å². The van der Waals surface area contributed by atoms with Crippen molar-refractivity contribution >= 4 is 27.5 Å². The van der Waals surface area contributed by atoms with E-state index in [-0.39, 0.29) is 13.1 Å². The molecule has 1 N–H and O–H groups in total. The summed E-state index contributed by atoms with van der Waals surface area (Å²) in [6, 6.07) is 10.4. The summed E-state index contributed by atoms with van der Waals surface area (Å²) < 4.78 is 49.2. The number of nitrogens with zero attached hydrogens (tertiary/aromatic N) is 2. The standard InChI is InChI=1S/C22H26FN3O6S/c1-22(21(28)24-12-15-5-7-16(23)8-6-15)14-25(33(4,29)30)13-20(27)26(22)17-9-18(31-2)11-19(10-17)32-3/h5-11H,12-14H2,1-4H3,(H,24,28)/t22-/m1/s1.